The summed E-state index contributed by atoms with van der Waals surface area (Å²) in [5.41, 5.74) is 2.19. The van der Waals surface area contributed by atoms with Gasteiger partial charge in [0.05, 0.1) is 0 Å². The second kappa shape index (κ2) is 5.41. The summed E-state index contributed by atoms with van der Waals surface area (Å²) in [5.74, 6) is 1.00. The van der Waals surface area contributed by atoms with Crippen LogP contribution in [0.4, 0.5) is 5.82 Å². The highest BCUT2D eigenvalue weighted by Crippen LogP contribution is 2.29. The lowest BCUT2D eigenvalue weighted by Gasteiger charge is -2.29. The molecule has 0 aromatic carbocycles. The largest absolute Gasteiger partial charge is 0.351 e. The van der Waals surface area contributed by atoms with Crippen LogP contribution in [-0.2, 0) is 0 Å². The third-order valence-corrected chi connectivity index (χ3v) is 4.02. The van der Waals surface area contributed by atoms with Gasteiger partial charge in [0.1, 0.15) is 0 Å². The molecule has 0 saturated carbocycles. The maximum absolute atomic E-state index is 6.01. The van der Waals surface area contributed by atoms with E-state index < -0.39 is 0 Å². The Kier molecular flexibility index (Phi) is 4.07. The average Bonchev–Trinajstić information content (AvgIpc) is 2.73. The highest BCUT2D eigenvalue weighted by atomic mass is 35.5. The molecular weight excluding hydrogens is 248 g/mol. The molecule has 0 N–H and O–H groups in total. The minimum atomic E-state index is 0.514. The number of nitrogens with zero attached hydrogens (tertiary/aromatic N) is 4. The van der Waals surface area contributed by atoms with E-state index in [0.29, 0.717) is 11.2 Å². The Bertz CT molecular complexity index is 433. The summed E-state index contributed by atoms with van der Waals surface area (Å²) in [5, 5.41) is 8.87. The Hall–Kier alpha value is -0.870. The van der Waals surface area contributed by atoms with Gasteiger partial charge in [0.2, 0.25) is 0 Å². The van der Waals surface area contributed by atoms with Gasteiger partial charge >= 0.3 is 0 Å². The fourth-order valence-corrected chi connectivity index (χ4v) is 2.74. The van der Waals surface area contributed by atoms with Gasteiger partial charge in [0.15, 0.2) is 11.0 Å². The first-order chi connectivity index (χ1) is 8.50. The fraction of sp³-hybridized carbons (Fsp3) is 0.692. The topological polar surface area (TPSA) is 32.3 Å². The predicted octanol–water partition coefficient (Wildman–Crippen LogP) is 2.28. The van der Waals surface area contributed by atoms with E-state index in [1.165, 1.54) is 12.8 Å². The Balaban J connectivity index is 2.28. The molecule has 1 aliphatic heterocycles. The molecule has 0 aliphatic carbocycles. The summed E-state index contributed by atoms with van der Waals surface area (Å²) in [7, 11) is 4.23. The lowest BCUT2D eigenvalue weighted by atomic mass is 10.1. The molecule has 1 atom stereocenters. The predicted molar refractivity (Wildman–Crippen MR) is 75.4 cm³/mol. The summed E-state index contributed by atoms with van der Waals surface area (Å²) in [6.07, 6.45) is 2.45. The summed E-state index contributed by atoms with van der Waals surface area (Å²) in [6.45, 7) is 6.21. The van der Waals surface area contributed by atoms with Crippen LogP contribution in [0.2, 0.25) is 5.15 Å². The van der Waals surface area contributed by atoms with E-state index >= 15 is 0 Å². The number of rotatable bonds is 3. The highest BCUT2D eigenvalue weighted by Gasteiger charge is 2.28. The van der Waals surface area contributed by atoms with Gasteiger partial charge in [-0.25, -0.2) is 0 Å². The Morgan fingerprint density at radius 1 is 1.28 bits per heavy atom. The maximum atomic E-state index is 6.01. The van der Waals surface area contributed by atoms with Crippen molar-refractivity contribution in [1.82, 2.24) is 15.1 Å². The molecule has 2 heterocycles. The molecule has 1 saturated heterocycles. The summed E-state index contributed by atoms with van der Waals surface area (Å²) in [6, 6.07) is 0.536. The van der Waals surface area contributed by atoms with Crippen molar-refractivity contribution in [3.8, 4) is 0 Å². The number of aromatic nitrogens is 2. The van der Waals surface area contributed by atoms with E-state index in [2.05, 4.69) is 41.0 Å². The minimum absolute atomic E-state index is 0.514. The normalized spacial score (nSPS) is 19.9. The summed E-state index contributed by atoms with van der Waals surface area (Å²) in [4.78, 5) is 4.61. The number of hydrogen-bond donors (Lipinski definition) is 0. The molecule has 1 fully saturated rings. The first-order valence-corrected chi connectivity index (χ1v) is 6.79. The van der Waals surface area contributed by atoms with E-state index in [1.54, 1.807) is 0 Å². The van der Waals surface area contributed by atoms with Crippen LogP contribution in [0.25, 0.3) is 0 Å². The number of hydrogen-bond acceptors (Lipinski definition) is 4. The molecule has 2 rings (SSSR count). The van der Waals surface area contributed by atoms with Crippen LogP contribution in [0.15, 0.2) is 0 Å². The third-order valence-electron chi connectivity index (χ3n) is 3.66. The van der Waals surface area contributed by atoms with Crippen LogP contribution in [-0.4, -0.2) is 48.3 Å². The zero-order valence-electron chi connectivity index (χ0n) is 11.6. The van der Waals surface area contributed by atoms with Gasteiger partial charge in [-0.1, -0.05) is 11.6 Å². The van der Waals surface area contributed by atoms with Gasteiger partial charge in [-0.05, 0) is 51.9 Å². The summed E-state index contributed by atoms with van der Waals surface area (Å²) < 4.78 is 0. The first-order valence-electron chi connectivity index (χ1n) is 6.41. The summed E-state index contributed by atoms with van der Waals surface area (Å²) >= 11 is 6.01. The zero-order chi connectivity index (χ0) is 13.3. The van der Waals surface area contributed by atoms with Crippen molar-refractivity contribution in [2.24, 2.45) is 0 Å². The van der Waals surface area contributed by atoms with Gasteiger partial charge in [0.25, 0.3) is 0 Å². The molecule has 1 aromatic rings. The van der Waals surface area contributed by atoms with Crippen molar-refractivity contribution in [3.05, 3.63) is 16.3 Å². The molecular formula is C13H21ClN4. The van der Waals surface area contributed by atoms with E-state index in [0.717, 1.165) is 30.0 Å². The lowest BCUT2D eigenvalue weighted by molar-refractivity contribution is 0.371. The Morgan fingerprint density at radius 2 is 2.00 bits per heavy atom. The van der Waals surface area contributed by atoms with Crippen molar-refractivity contribution >= 4 is 17.4 Å². The molecule has 0 amide bonds. The molecule has 5 heteroatoms. The molecule has 18 heavy (non-hydrogen) atoms. The van der Waals surface area contributed by atoms with Crippen molar-refractivity contribution in [2.45, 2.75) is 32.7 Å². The Labute approximate surface area is 114 Å². The van der Waals surface area contributed by atoms with Crippen molar-refractivity contribution in [2.75, 3.05) is 32.1 Å². The molecule has 0 bridgehead atoms. The van der Waals surface area contributed by atoms with Crippen molar-refractivity contribution < 1.29 is 0 Å². The van der Waals surface area contributed by atoms with Crippen molar-refractivity contribution in [3.63, 3.8) is 0 Å². The van der Waals surface area contributed by atoms with Gasteiger partial charge in [-0.3, -0.25) is 0 Å². The SMILES string of the molecule is Cc1c(Cl)nnc(N2CCCC2CN(C)C)c1C. The molecule has 1 unspecified atom stereocenters. The molecule has 0 spiro atoms. The van der Waals surface area contributed by atoms with Crippen LogP contribution in [0.3, 0.4) is 0 Å². The number of likely N-dealkylation sites (N-methyl/N-ethyl adjacent to an activating group) is 1. The van der Waals surface area contributed by atoms with Gasteiger partial charge in [-0.15, -0.1) is 10.2 Å². The smallest absolute Gasteiger partial charge is 0.155 e. The molecule has 0 radical (unpaired) electrons. The number of halogens is 1. The van der Waals surface area contributed by atoms with Crippen LogP contribution < -0.4 is 4.90 Å². The standard InChI is InChI=1S/C13H21ClN4/c1-9-10(2)13(16-15-12(9)14)18-7-5-6-11(18)8-17(3)4/h11H,5-8H2,1-4H3. The van der Waals surface area contributed by atoms with Gasteiger partial charge in [-0.2, -0.15) is 0 Å². The zero-order valence-corrected chi connectivity index (χ0v) is 12.3. The third kappa shape index (κ3) is 2.59. The second-order valence-electron chi connectivity index (χ2n) is 5.32. The van der Waals surface area contributed by atoms with Gasteiger partial charge in [0, 0.05) is 19.1 Å². The van der Waals surface area contributed by atoms with Crippen LogP contribution in [0.5, 0.6) is 0 Å². The number of anilines is 1. The van der Waals surface area contributed by atoms with E-state index in [-0.39, 0.29) is 0 Å². The second-order valence-corrected chi connectivity index (χ2v) is 5.67. The van der Waals surface area contributed by atoms with E-state index in [4.69, 9.17) is 11.6 Å². The average molecular weight is 269 g/mol. The Morgan fingerprint density at radius 3 is 2.67 bits per heavy atom. The van der Waals surface area contributed by atoms with Crippen LogP contribution in [0, 0.1) is 13.8 Å². The van der Waals surface area contributed by atoms with Gasteiger partial charge < -0.3 is 9.80 Å². The van der Waals surface area contributed by atoms with Crippen LogP contribution >= 0.6 is 11.6 Å². The molecule has 4 nitrogen and oxygen atoms in total. The lowest BCUT2D eigenvalue weighted by Crippen LogP contribution is -2.38. The highest BCUT2D eigenvalue weighted by molar-refractivity contribution is 6.30. The fourth-order valence-electron chi connectivity index (χ4n) is 2.56. The van der Waals surface area contributed by atoms with Crippen LogP contribution in [0.1, 0.15) is 24.0 Å². The molecule has 100 valence electrons. The monoisotopic (exact) mass is 268 g/mol. The van der Waals surface area contributed by atoms with E-state index in [9.17, 15) is 0 Å². The maximum Gasteiger partial charge on any atom is 0.155 e. The molecule has 1 aliphatic rings. The first kappa shape index (κ1) is 13.6. The van der Waals surface area contributed by atoms with Crippen molar-refractivity contribution in [1.29, 1.82) is 0 Å². The molecule has 1 aromatic heterocycles. The minimum Gasteiger partial charge on any atom is -0.351 e. The quantitative estimate of drug-likeness (QED) is 0.842. The van der Waals surface area contributed by atoms with E-state index in [1.807, 2.05) is 6.92 Å².